The third-order valence-electron chi connectivity index (χ3n) is 11.6. The van der Waals surface area contributed by atoms with E-state index in [9.17, 15) is 34.1 Å². The maximum atomic E-state index is 13.6. The van der Waals surface area contributed by atoms with Crippen molar-refractivity contribution in [1.29, 1.82) is 0 Å². The van der Waals surface area contributed by atoms with E-state index >= 15 is 0 Å². The van der Waals surface area contributed by atoms with Gasteiger partial charge in [0.1, 0.15) is 17.2 Å². The first kappa shape index (κ1) is 45.2. The number of carbonyl (C=O) groups is 4. The minimum Gasteiger partial charge on any atom is -0.385 e. The number of Topliss-reactive ketones (excluding diaryl/α,β-unsaturated/α-hetero) is 1. The van der Waals surface area contributed by atoms with Crippen LogP contribution < -0.4 is 31.7 Å². The van der Waals surface area contributed by atoms with Gasteiger partial charge in [-0.15, -0.1) is 0 Å². The summed E-state index contributed by atoms with van der Waals surface area (Å²) >= 11 is 0.763. The molecule has 4 N–H and O–H groups in total. The van der Waals surface area contributed by atoms with Gasteiger partial charge in [0.15, 0.2) is 10.9 Å². The molecule has 64 heavy (non-hydrogen) atoms. The molecule has 2 fully saturated rings. The summed E-state index contributed by atoms with van der Waals surface area (Å²) < 4.78 is 1.69. The van der Waals surface area contributed by atoms with Crippen LogP contribution in [0.1, 0.15) is 110 Å². The van der Waals surface area contributed by atoms with Crippen LogP contribution in [0.25, 0.3) is 11.0 Å². The van der Waals surface area contributed by atoms with Gasteiger partial charge < -0.3 is 25.8 Å². The van der Waals surface area contributed by atoms with Crippen molar-refractivity contribution in [1.82, 2.24) is 29.4 Å². The number of benzene rings is 1. The number of hydrogen-bond acceptors (Lipinski definition) is 15. The summed E-state index contributed by atoms with van der Waals surface area (Å²) in [6, 6.07) is 8.79. The molecule has 0 unspecified atom stereocenters. The van der Waals surface area contributed by atoms with Crippen molar-refractivity contribution >= 4 is 84.8 Å². The second-order valence-corrected chi connectivity index (χ2v) is 17.1. The highest BCUT2D eigenvalue weighted by atomic mass is 32.1. The molecule has 1 aliphatic carbocycles. The van der Waals surface area contributed by atoms with Gasteiger partial charge in [0.2, 0.25) is 17.8 Å². The minimum absolute atomic E-state index is 0.0126. The Morgan fingerprint density at radius 2 is 1.66 bits per heavy atom. The Balaban J connectivity index is 0.832. The second-order valence-electron chi connectivity index (χ2n) is 16.1. The molecule has 0 atom stereocenters. The fourth-order valence-electron chi connectivity index (χ4n) is 8.35. The van der Waals surface area contributed by atoms with Crippen molar-refractivity contribution in [2.24, 2.45) is 0 Å². The van der Waals surface area contributed by atoms with Crippen molar-refractivity contribution < 1.29 is 24.1 Å². The Morgan fingerprint density at radius 1 is 0.906 bits per heavy atom. The number of piperazine rings is 1. The molecule has 1 saturated heterocycles. The predicted molar refractivity (Wildman–Crippen MR) is 246 cm³/mol. The molecule has 336 valence electrons. The maximum absolute atomic E-state index is 13.6. The second kappa shape index (κ2) is 20.1. The van der Waals surface area contributed by atoms with Crippen molar-refractivity contribution in [3.05, 3.63) is 85.6 Å². The maximum Gasteiger partial charge on any atom is 0.348 e. The van der Waals surface area contributed by atoms with Gasteiger partial charge in [0, 0.05) is 69.4 Å². The number of pyridine rings is 2. The molecule has 1 aliphatic heterocycles. The lowest BCUT2D eigenvalue weighted by molar-refractivity contribution is -0.380. The largest absolute Gasteiger partial charge is 0.385 e. The first-order valence-corrected chi connectivity index (χ1v) is 22.4. The van der Waals surface area contributed by atoms with Crippen molar-refractivity contribution in [3.63, 3.8) is 0 Å². The van der Waals surface area contributed by atoms with Crippen LogP contribution in [0.4, 0.5) is 39.0 Å². The van der Waals surface area contributed by atoms with Crippen LogP contribution in [0.2, 0.25) is 0 Å². The average Bonchev–Trinajstić information content (AvgIpc) is 3.93. The summed E-state index contributed by atoms with van der Waals surface area (Å²) in [5.74, 6) is -0.165. The molecule has 0 radical (unpaired) electrons. The van der Waals surface area contributed by atoms with E-state index in [1.54, 1.807) is 42.1 Å². The van der Waals surface area contributed by atoms with Crippen LogP contribution in [-0.4, -0.2) is 90.6 Å². The number of nitrogens with one attached hydrogen (secondary N) is 4. The fraction of sp³-hybridized carbons (Fsp3) is 0.432. The highest BCUT2D eigenvalue weighted by Gasteiger charge is 2.27. The molecular weight excluding hydrogens is 841 g/mol. The van der Waals surface area contributed by atoms with Gasteiger partial charge in [0.05, 0.1) is 33.6 Å². The molecular formula is C44H52N12O7S. The smallest absolute Gasteiger partial charge is 0.348 e. The number of unbranched alkanes of at least 4 members (excludes halogenated alkanes) is 3. The standard InChI is InChI=1S/C44H52N12O7S/c1-26-34-25-47-43(51-39(34)55(31-11-8-9-12-31)41(61)38(26)28(3)57)50-36-17-15-32(24-46-36)53-19-21-54(22-20-53)37(59)13-7-5-6-10-18-45-30-14-16-33(35(23-30)49-29(4)58)40(60)52-44-48-27(2)42(64-44)56(62)63/h14-17,23-25,31,45H,5-13,18-22H2,1-4H3,(H,49,58)(H,48,52,60)(H,46,47,50,51). The van der Waals surface area contributed by atoms with Crippen molar-refractivity contribution in [3.8, 4) is 0 Å². The van der Waals surface area contributed by atoms with Crippen molar-refractivity contribution in [2.75, 3.05) is 58.9 Å². The van der Waals surface area contributed by atoms with E-state index in [1.165, 1.54) is 20.8 Å². The number of anilines is 6. The van der Waals surface area contributed by atoms with Gasteiger partial charge in [-0.1, -0.05) is 25.7 Å². The fourth-order valence-corrected chi connectivity index (χ4v) is 9.13. The van der Waals surface area contributed by atoms with Gasteiger partial charge in [-0.25, -0.2) is 15.0 Å². The normalized spacial score (nSPS) is 14.1. The number of hydrogen-bond donors (Lipinski definition) is 4. The third-order valence-corrected chi connectivity index (χ3v) is 12.6. The molecule has 1 saturated carbocycles. The monoisotopic (exact) mass is 892 g/mol. The Labute approximate surface area is 373 Å². The Hall–Kier alpha value is -6.83. The first-order valence-electron chi connectivity index (χ1n) is 21.5. The number of aryl methyl sites for hydroxylation is 2. The van der Waals surface area contributed by atoms with Crippen molar-refractivity contribution in [2.45, 2.75) is 91.5 Å². The van der Waals surface area contributed by atoms with Gasteiger partial charge >= 0.3 is 5.00 Å². The van der Waals surface area contributed by atoms with Gasteiger partial charge in [-0.05, 0) is 93.7 Å². The van der Waals surface area contributed by atoms with E-state index in [0.29, 0.717) is 78.9 Å². The summed E-state index contributed by atoms with van der Waals surface area (Å²) in [7, 11) is 0. The van der Waals surface area contributed by atoms with E-state index in [2.05, 4.69) is 41.1 Å². The highest BCUT2D eigenvalue weighted by molar-refractivity contribution is 7.19. The number of ketones is 1. The number of fused-ring (bicyclic) bond motifs is 1. The Morgan fingerprint density at radius 3 is 2.33 bits per heavy atom. The first-order chi connectivity index (χ1) is 30.8. The van der Waals surface area contributed by atoms with Crippen LogP contribution >= 0.6 is 11.3 Å². The summed E-state index contributed by atoms with van der Waals surface area (Å²) in [4.78, 5) is 96.7. The van der Waals surface area contributed by atoms with E-state index < -0.39 is 10.8 Å². The minimum atomic E-state index is -0.557. The lowest BCUT2D eigenvalue weighted by Gasteiger charge is -2.36. The summed E-state index contributed by atoms with van der Waals surface area (Å²) in [5, 5.41) is 23.6. The molecule has 0 spiro atoms. The number of amides is 3. The topological polar surface area (TPSA) is 240 Å². The number of carbonyl (C=O) groups excluding carboxylic acids is 4. The number of rotatable bonds is 17. The molecule has 2 aliphatic rings. The zero-order chi connectivity index (χ0) is 45.5. The van der Waals surface area contributed by atoms with Crippen LogP contribution in [0.3, 0.4) is 0 Å². The van der Waals surface area contributed by atoms with E-state index in [1.807, 2.05) is 17.0 Å². The van der Waals surface area contributed by atoms with Crippen LogP contribution in [-0.2, 0) is 9.59 Å². The Kier molecular flexibility index (Phi) is 14.2. The lowest BCUT2D eigenvalue weighted by Crippen LogP contribution is -2.48. The number of aromatic nitrogens is 5. The van der Waals surface area contributed by atoms with Crippen LogP contribution in [0.15, 0.2) is 47.5 Å². The van der Waals surface area contributed by atoms with Gasteiger partial charge in [-0.2, -0.15) is 4.98 Å². The molecule has 5 aromatic rings. The van der Waals surface area contributed by atoms with Gasteiger partial charge in [-0.3, -0.25) is 44.0 Å². The molecule has 20 heteroatoms. The van der Waals surface area contributed by atoms with E-state index in [0.717, 1.165) is 68.4 Å². The third kappa shape index (κ3) is 10.5. The van der Waals surface area contributed by atoms with Gasteiger partial charge in [0.25, 0.3) is 11.5 Å². The zero-order valence-electron chi connectivity index (χ0n) is 36.4. The van der Waals surface area contributed by atoms with Crippen LogP contribution in [0.5, 0.6) is 0 Å². The summed E-state index contributed by atoms with van der Waals surface area (Å²) in [5.41, 5.74) is 3.35. The summed E-state index contributed by atoms with van der Waals surface area (Å²) in [6.45, 7) is 9.30. The highest BCUT2D eigenvalue weighted by Crippen LogP contribution is 2.33. The summed E-state index contributed by atoms with van der Waals surface area (Å²) in [6.07, 6.45) is 11.2. The Bertz CT molecular complexity index is 2630. The molecule has 3 amide bonds. The molecule has 5 heterocycles. The average molecular weight is 893 g/mol. The molecule has 7 rings (SSSR count). The number of thiazole rings is 1. The number of nitrogens with zero attached hydrogens (tertiary/aromatic N) is 8. The predicted octanol–water partition coefficient (Wildman–Crippen LogP) is 7.15. The lowest BCUT2D eigenvalue weighted by atomic mass is 10.0. The van der Waals surface area contributed by atoms with Crippen LogP contribution in [0, 0.1) is 24.0 Å². The quantitative estimate of drug-likeness (QED) is 0.0314. The molecule has 0 bridgehead atoms. The zero-order valence-corrected chi connectivity index (χ0v) is 37.2. The SMILES string of the molecule is CC(=O)Nc1cc(NCCCCCCC(=O)N2CCN(c3ccc(Nc4ncc5c(C)c(C(C)=O)c(=O)n(C6CCCC6)c5n4)nc3)CC2)ccc1C(=O)Nc1nc(C)c([N+](=O)[O-])s1. The molecule has 4 aromatic heterocycles. The van der Waals surface area contributed by atoms with E-state index in [-0.39, 0.29) is 56.2 Å². The van der Waals surface area contributed by atoms with E-state index in [4.69, 9.17) is 4.98 Å². The molecule has 19 nitrogen and oxygen atoms in total. The number of nitro groups is 1. The molecule has 1 aromatic carbocycles.